The normalized spacial score (nSPS) is 10.3. The number of halogens is 1. The van der Waals surface area contributed by atoms with Crippen molar-refractivity contribution in [3.8, 4) is 0 Å². The van der Waals surface area contributed by atoms with Crippen LogP contribution >= 0.6 is 15.9 Å². The number of non-ortho nitro benzene ring substituents is 1. The largest absolute Gasteiger partial charge is 0.370 e. The number of hydrogen-bond acceptors (Lipinski definition) is 4. The Hall–Kier alpha value is -1.95. The summed E-state index contributed by atoms with van der Waals surface area (Å²) in [6.07, 6.45) is 2.55. The summed E-state index contributed by atoms with van der Waals surface area (Å²) in [7, 11) is 0. The second-order valence-electron chi connectivity index (χ2n) is 4.42. The van der Waals surface area contributed by atoms with E-state index in [0.29, 0.717) is 0 Å². The fraction of sp³-hybridized carbons (Fsp3) is 0.214. The molecule has 5 nitrogen and oxygen atoms in total. The number of anilines is 1. The number of pyridine rings is 1. The number of hydrogen-bond donors (Lipinski definition) is 1. The van der Waals surface area contributed by atoms with Crippen LogP contribution in [0, 0.1) is 17.0 Å². The molecule has 0 aliphatic carbocycles. The lowest BCUT2D eigenvalue weighted by molar-refractivity contribution is -0.384. The quantitative estimate of drug-likeness (QED) is 0.667. The molecular weight excluding hydrogens is 322 g/mol. The third-order valence-electron chi connectivity index (χ3n) is 2.91. The average Bonchev–Trinajstić information content (AvgIpc) is 2.43. The Morgan fingerprint density at radius 3 is 2.65 bits per heavy atom. The molecule has 0 amide bonds. The number of aromatic nitrogens is 1. The van der Waals surface area contributed by atoms with Gasteiger partial charge >= 0.3 is 0 Å². The summed E-state index contributed by atoms with van der Waals surface area (Å²) in [6, 6.07) is 8.58. The molecule has 0 saturated heterocycles. The molecule has 0 spiro atoms. The van der Waals surface area contributed by atoms with Crippen LogP contribution in [0.2, 0.25) is 0 Å². The lowest BCUT2D eigenvalue weighted by Crippen LogP contribution is -2.06. The van der Waals surface area contributed by atoms with E-state index >= 15 is 0 Å². The minimum Gasteiger partial charge on any atom is -0.370 e. The number of rotatable bonds is 5. The molecule has 0 aliphatic rings. The molecule has 0 fully saturated rings. The van der Waals surface area contributed by atoms with Crippen LogP contribution in [0.5, 0.6) is 0 Å². The molecule has 0 bridgehead atoms. The zero-order valence-electron chi connectivity index (χ0n) is 11.0. The number of benzene rings is 1. The van der Waals surface area contributed by atoms with Gasteiger partial charge in [0.15, 0.2) is 0 Å². The molecule has 1 aromatic heterocycles. The third-order valence-corrected chi connectivity index (χ3v) is 3.74. The Morgan fingerprint density at radius 2 is 2.05 bits per heavy atom. The minimum atomic E-state index is -0.392. The molecule has 2 aromatic rings. The van der Waals surface area contributed by atoms with Crippen LogP contribution < -0.4 is 5.32 Å². The van der Waals surface area contributed by atoms with Crippen LogP contribution in [0.1, 0.15) is 11.1 Å². The summed E-state index contributed by atoms with van der Waals surface area (Å²) in [5.41, 5.74) is 2.29. The van der Waals surface area contributed by atoms with Crippen molar-refractivity contribution in [3.05, 3.63) is 62.2 Å². The van der Waals surface area contributed by atoms with E-state index in [1.54, 1.807) is 18.3 Å². The SMILES string of the molecule is Cc1cc(NCCc2ccc([N+](=O)[O-])cc2)ncc1Br. The summed E-state index contributed by atoms with van der Waals surface area (Å²) < 4.78 is 0.985. The van der Waals surface area contributed by atoms with Crippen molar-refractivity contribution in [2.24, 2.45) is 0 Å². The summed E-state index contributed by atoms with van der Waals surface area (Å²) in [5.74, 6) is 0.826. The first-order valence-corrected chi connectivity index (χ1v) is 6.95. The highest BCUT2D eigenvalue weighted by atomic mass is 79.9. The summed E-state index contributed by atoms with van der Waals surface area (Å²) >= 11 is 3.41. The minimum absolute atomic E-state index is 0.118. The highest BCUT2D eigenvalue weighted by molar-refractivity contribution is 9.10. The van der Waals surface area contributed by atoms with Crippen LogP contribution in [0.15, 0.2) is 41.0 Å². The first kappa shape index (κ1) is 14.5. The number of nitrogens with one attached hydrogen (secondary N) is 1. The predicted octanol–water partition coefficient (Wildman–Crippen LogP) is 3.72. The van der Waals surface area contributed by atoms with E-state index in [0.717, 1.165) is 34.4 Å². The third kappa shape index (κ3) is 3.77. The zero-order valence-corrected chi connectivity index (χ0v) is 12.6. The molecule has 0 atom stereocenters. The predicted molar refractivity (Wildman–Crippen MR) is 82.0 cm³/mol. The van der Waals surface area contributed by atoms with Crippen LogP contribution in [0.3, 0.4) is 0 Å². The van der Waals surface area contributed by atoms with E-state index < -0.39 is 4.92 Å². The molecule has 1 N–H and O–H groups in total. The van der Waals surface area contributed by atoms with Crippen molar-refractivity contribution < 1.29 is 4.92 Å². The van der Waals surface area contributed by atoms with Crippen molar-refractivity contribution in [2.45, 2.75) is 13.3 Å². The smallest absolute Gasteiger partial charge is 0.269 e. The van der Waals surface area contributed by atoms with E-state index in [-0.39, 0.29) is 5.69 Å². The average molecular weight is 336 g/mol. The molecule has 0 unspecified atom stereocenters. The monoisotopic (exact) mass is 335 g/mol. The van der Waals surface area contributed by atoms with Gasteiger partial charge < -0.3 is 5.32 Å². The van der Waals surface area contributed by atoms with Crippen LogP contribution in [-0.4, -0.2) is 16.5 Å². The summed E-state index contributed by atoms with van der Waals surface area (Å²) in [4.78, 5) is 14.4. The Bertz CT molecular complexity index is 614. The highest BCUT2D eigenvalue weighted by Gasteiger charge is 2.04. The second kappa shape index (κ2) is 6.47. The second-order valence-corrected chi connectivity index (χ2v) is 5.27. The summed E-state index contributed by atoms with van der Waals surface area (Å²) in [6.45, 7) is 2.74. The van der Waals surface area contributed by atoms with E-state index in [1.165, 1.54) is 12.1 Å². The van der Waals surface area contributed by atoms with Gasteiger partial charge in [-0.05, 0) is 46.5 Å². The first-order chi connectivity index (χ1) is 9.56. The fourth-order valence-electron chi connectivity index (χ4n) is 1.76. The molecule has 104 valence electrons. The number of nitro benzene ring substituents is 1. The van der Waals surface area contributed by atoms with Gasteiger partial charge in [-0.3, -0.25) is 10.1 Å². The Balaban J connectivity index is 1.89. The van der Waals surface area contributed by atoms with Gasteiger partial charge in [0.1, 0.15) is 5.82 Å². The Kier molecular flexibility index (Phi) is 4.68. The van der Waals surface area contributed by atoms with Gasteiger partial charge in [0.25, 0.3) is 5.69 Å². The van der Waals surface area contributed by atoms with E-state index in [9.17, 15) is 10.1 Å². The van der Waals surface area contributed by atoms with Gasteiger partial charge in [-0.25, -0.2) is 4.98 Å². The van der Waals surface area contributed by atoms with Crippen molar-refractivity contribution in [1.29, 1.82) is 0 Å². The molecule has 20 heavy (non-hydrogen) atoms. The maximum Gasteiger partial charge on any atom is 0.269 e. The molecular formula is C14H14BrN3O2. The molecule has 0 aliphatic heterocycles. The number of nitro groups is 1. The molecule has 6 heteroatoms. The fourth-order valence-corrected chi connectivity index (χ4v) is 1.97. The molecule has 1 aromatic carbocycles. The number of aryl methyl sites for hydroxylation is 1. The summed E-state index contributed by atoms with van der Waals surface area (Å²) in [5, 5.41) is 13.8. The Labute approximate surface area is 125 Å². The molecule has 2 rings (SSSR count). The van der Waals surface area contributed by atoms with Gasteiger partial charge in [-0.2, -0.15) is 0 Å². The number of nitrogens with zero attached hydrogens (tertiary/aromatic N) is 2. The van der Waals surface area contributed by atoms with Crippen molar-refractivity contribution >= 4 is 27.4 Å². The lowest BCUT2D eigenvalue weighted by atomic mass is 10.1. The molecule has 0 radical (unpaired) electrons. The van der Waals surface area contributed by atoms with Gasteiger partial charge in [-0.15, -0.1) is 0 Å². The Morgan fingerprint density at radius 1 is 1.35 bits per heavy atom. The first-order valence-electron chi connectivity index (χ1n) is 6.15. The van der Waals surface area contributed by atoms with Gasteiger partial charge in [-0.1, -0.05) is 12.1 Å². The highest BCUT2D eigenvalue weighted by Crippen LogP contribution is 2.17. The van der Waals surface area contributed by atoms with Crippen molar-refractivity contribution in [2.75, 3.05) is 11.9 Å². The maximum atomic E-state index is 10.6. The molecule has 1 heterocycles. The van der Waals surface area contributed by atoms with E-state index in [1.807, 2.05) is 13.0 Å². The lowest BCUT2D eigenvalue weighted by Gasteiger charge is -2.07. The van der Waals surface area contributed by atoms with Crippen LogP contribution in [0.25, 0.3) is 0 Å². The standard InChI is InChI=1S/C14H14BrN3O2/c1-10-8-14(17-9-13(10)15)16-7-6-11-2-4-12(5-3-11)18(19)20/h2-5,8-9H,6-7H2,1H3,(H,16,17). The van der Waals surface area contributed by atoms with Gasteiger partial charge in [0.2, 0.25) is 0 Å². The van der Waals surface area contributed by atoms with Gasteiger partial charge in [0.05, 0.1) is 4.92 Å². The van der Waals surface area contributed by atoms with Gasteiger partial charge in [0, 0.05) is 29.3 Å². The van der Waals surface area contributed by atoms with Crippen molar-refractivity contribution in [1.82, 2.24) is 4.98 Å². The maximum absolute atomic E-state index is 10.6. The van der Waals surface area contributed by atoms with Crippen LogP contribution in [0.4, 0.5) is 11.5 Å². The van der Waals surface area contributed by atoms with Crippen molar-refractivity contribution in [3.63, 3.8) is 0 Å². The topological polar surface area (TPSA) is 68.1 Å². The van der Waals surface area contributed by atoms with E-state index in [2.05, 4.69) is 26.2 Å². The molecule has 0 saturated carbocycles. The zero-order chi connectivity index (χ0) is 14.5. The van der Waals surface area contributed by atoms with E-state index in [4.69, 9.17) is 0 Å². The van der Waals surface area contributed by atoms with Crippen LogP contribution in [-0.2, 0) is 6.42 Å².